The number of allylic oxidation sites excluding steroid dienone is 3. The van der Waals surface area contributed by atoms with Crippen LogP contribution in [0.25, 0.3) is 0 Å². The van der Waals surface area contributed by atoms with Gasteiger partial charge in [0.25, 0.3) is 0 Å². The maximum Gasteiger partial charge on any atom is 0.422 e. The number of carboxylic acid groups (broad SMARTS) is 1. The largest absolute Gasteiger partial charge is 0.478 e. The summed E-state index contributed by atoms with van der Waals surface area (Å²) in [5.41, 5.74) is 2.62. The highest BCUT2D eigenvalue weighted by atomic mass is 19.4. The highest BCUT2D eigenvalue weighted by Crippen LogP contribution is 2.48. The number of aryl methyl sites for hydroxylation is 1. The number of alkyl halides is 3. The molecule has 0 aliphatic heterocycles. The van der Waals surface area contributed by atoms with Crippen LogP contribution in [-0.4, -0.2) is 38.8 Å². The van der Waals surface area contributed by atoms with Crippen molar-refractivity contribution < 1.29 is 27.8 Å². The first-order valence-corrected chi connectivity index (χ1v) is 10.7. The topological polar surface area (TPSA) is 109 Å². The highest BCUT2D eigenvalue weighted by molar-refractivity contribution is 5.87. The molecule has 1 aromatic heterocycles. The van der Waals surface area contributed by atoms with E-state index in [4.69, 9.17) is 4.74 Å². The molecule has 180 valence electrons. The van der Waals surface area contributed by atoms with Crippen molar-refractivity contribution in [2.24, 2.45) is 5.92 Å². The van der Waals surface area contributed by atoms with Gasteiger partial charge in [0, 0.05) is 17.2 Å². The second-order valence-corrected chi connectivity index (χ2v) is 8.59. The van der Waals surface area contributed by atoms with Crippen LogP contribution in [0, 0.1) is 12.8 Å². The molecule has 1 heterocycles. The predicted octanol–water partition coefficient (Wildman–Crippen LogP) is 4.57. The van der Waals surface area contributed by atoms with Crippen LogP contribution < -0.4 is 15.4 Å². The third-order valence-electron chi connectivity index (χ3n) is 5.74. The summed E-state index contributed by atoms with van der Waals surface area (Å²) in [5.74, 6) is -1.10. The maximum absolute atomic E-state index is 12.7. The molecule has 2 aliphatic rings. The van der Waals surface area contributed by atoms with E-state index in [1.165, 1.54) is 6.08 Å². The molecule has 34 heavy (non-hydrogen) atoms. The zero-order valence-electron chi connectivity index (χ0n) is 18.6. The van der Waals surface area contributed by atoms with Crippen LogP contribution in [0.5, 0.6) is 6.01 Å². The summed E-state index contributed by atoms with van der Waals surface area (Å²) in [6.07, 6.45) is 0.439. The summed E-state index contributed by atoms with van der Waals surface area (Å²) in [5, 5.41) is 15.4. The number of carbonyl (C=O) groups is 1. The summed E-state index contributed by atoms with van der Waals surface area (Å²) in [4.78, 5) is 23.6. The Morgan fingerprint density at radius 2 is 1.82 bits per heavy atom. The van der Waals surface area contributed by atoms with E-state index in [2.05, 4.69) is 25.6 Å². The van der Waals surface area contributed by atoms with Gasteiger partial charge in [-0.05, 0) is 37.8 Å². The smallest absolute Gasteiger partial charge is 0.422 e. The fourth-order valence-electron chi connectivity index (χ4n) is 3.69. The van der Waals surface area contributed by atoms with E-state index in [1.807, 2.05) is 38.1 Å². The number of aromatic nitrogens is 3. The molecule has 0 radical (unpaired) electrons. The first-order valence-electron chi connectivity index (χ1n) is 10.7. The number of hydrogen-bond acceptors (Lipinski definition) is 7. The van der Waals surface area contributed by atoms with Crippen LogP contribution in [-0.2, 0) is 10.3 Å². The molecule has 1 unspecified atom stereocenters. The zero-order chi connectivity index (χ0) is 24.5. The quantitative estimate of drug-likeness (QED) is 0.510. The number of anilines is 2. The lowest BCUT2D eigenvalue weighted by molar-refractivity contribution is -0.154. The van der Waals surface area contributed by atoms with Crippen molar-refractivity contribution in [3.05, 3.63) is 58.8 Å². The lowest BCUT2D eigenvalue weighted by atomic mass is 9.93. The standard InChI is InChI=1S/C23H24F3N5O3/c1-13-3-6-16(7-4-13)22(9-10-22)31-20-28-19(29-21(30-20)34-12-23(24,25)26)27-17-8-5-15(18(32)33)11-14(17)2/h3-8,14H,9-12H2,1-2H3,(H,32,33)(H2,27,28,29,30,31). The number of nitrogens with zero attached hydrogens (tertiary/aromatic N) is 3. The molecule has 1 aromatic carbocycles. The Balaban J connectivity index is 1.61. The van der Waals surface area contributed by atoms with Gasteiger partial charge in [-0.1, -0.05) is 42.8 Å². The van der Waals surface area contributed by atoms with Crippen LogP contribution in [0.2, 0.25) is 0 Å². The van der Waals surface area contributed by atoms with E-state index in [0.717, 1.165) is 24.0 Å². The van der Waals surface area contributed by atoms with Crippen molar-refractivity contribution in [3.63, 3.8) is 0 Å². The number of aliphatic carboxylic acids is 1. The van der Waals surface area contributed by atoms with E-state index >= 15 is 0 Å². The monoisotopic (exact) mass is 475 g/mol. The zero-order valence-corrected chi connectivity index (χ0v) is 18.6. The number of halogens is 3. The van der Waals surface area contributed by atoms with Gasteiger partial charge in [0.05, 0.1) is 5.54 Å². The molecule has 11 heteroatoms. The minimum atomic E-state index is -4.55. The molecule has 2 aliphatic carbocycles. The number of rotatable bonds is 8. The molecule has 1 atom stereocenters. The van der Waals surface area contributed by atoms with E-state index in [0.29, 0.717) is 12.1 Å². The SMILES string of the molecule is Cc1ccc(C2(Nc3nc(NC4=CC=C(C(=O)O)CC4C)nc(OCC(F)(F)F)n3)CC2)cc1. The van der Waals surface area contributed by atoms with Crippen LogP contribution in [0.1, 0.15) is 37.3 Å². The number of ether oxygens (including phenoxy) is 1. The molecule has 8 nitrogen and oxygen atoms in total. The van der Waals surface area contributed by atoms with Crippen LogP contribution in [0.15, 0.2) is 47.7 Å². The average Bonchev–Trinajstić information content (AvgIpc) is 3.54. The number of carboxylic acids is 1. The highest BCUT2D eigenvalue weighted by Gasteiger charge is 2.45. The van der Waals surface area contributed by atoms with Gasteiger partial charge in [-0.15, -0.1) is 0 Å². The second kappa shape index (κ2) is 8.96. The fourth-order valence-corrected chi connectivity index (χ4v) is 3.69. The molecular formula is C23H24F3N5O3. The van der Waals surface area contributed by atoms with Crippen LogP contribution >= 0.6 is 0 Å². The molecule has 0 spiro atoms. The molecule has 4 rings (SSSR count). The van der Waals surface area contributed by atoms with Crippen molar-refractivity contribution in [2.45, 2.75) is 44.8 Å². The summed E-state index contributed by atoms with van der Waals surface area (Å²) < 4.78 is 42.9. The fraction of sp³-hybridized carbons (Fsp3) is 0.391. The molecule has 0 saturated heterocycles. The third kappa shape index (κ3) is 5.64. The second-order valence-electron chi connectivity index (χ2n) is 8.59. The molecule has 1 fully saturated rings. The Hall–Kier alpha value is -3.63. The maximum atomic E-state index is 12.7. The summed E-state index contributed by atoms with van der Waals surface area (Å²) in [7, 11) is 0. The van der Waals surface area contributed by atoms with Crippen molar-refractivity contribution in [2.75, 3.05) is 17.2 Å². The molecule has 3 N–H and O–H groups in total. The van der Waals surface area contributed by atoms with Crippen molar-refractivity contribution >= 4 is 17.9 Å². The number of benzene rings is 1. The first kappa shape index (κ1) is 23.5. The summed E-state index contributed by atoms with van der Waals surface area (Å²) >= 11 is 0. The van der Waals surface area contributed by atoms with Gasteiger partial charge in [-0.2, -0.15) is 28.1 Å². The van der Waals surface area contributed by atoms with Crippen molar-refractivity contribution in [1.29, 1.82) is 0 Å². The third-order valence-corrected chi connectivity index (χ3v) is 5.74. The van der Waals surface area contributed by atoms with Gasteiger partial charge in [0.15, 0.2) is 6.61 Å². The van der Waals surface area contributed by atoms with E-state index < -0.39 is 30.3 Å². The van der Waals surface area contributed by atoms with Gasteiger partial charge >= 0.3 is 18.2 Å². The van der Waals surface area contributed by atoms with Gasteiger partial charge in [-0.25, -0.2) is 4.79 Å². The van der Waals surface area contributed by atoms with Gasteiger partial charge < -0.3 is 20.5 Å². The predicted molar refractivity (Wildman–Crippen MR) is 118 cm³/mol. The summed E-state index contributed by atoms with van der Waals surface area (Å²) in [6, 6.07) is 7.51. The molecule has 0 amide bonds. The average molecular weight is 475 g/mol. The minimum absolute atomic E-state index is 0.000319. The minimum Gasteiger partial charge on any atom is -0.478 e. The first-order chi connectivity index (χ1) is 16.0. The van der Waals surface area contributed by atoms with Crippen molar-refractivity contribution in [3.8, 4) is 6.01 Å². The Labute approximate surface area is 194 Å². The lowest BCUT2D eigenvalue weighted by Crippen LogP contribution is -2.24. The normalized spacial score (nSPS) is 19.0. The Bertz CT molecular complexity index is 1140. The lowest BCUT2D eigenvalue weighted by Gasteiger charge is -2.22. The Morgan fingerprint density at radius 3 is 2.41 bits per heavy atom. The van der Waals surface area contributed by atoms with Crippen LogP contribution in [0.4, 0.5) is 25.1 Å². The number of hydrogen-bond donors (Lipinski definition) is 3. The summed E-state index contributed by atoms with van der Waals surface area (Å²) in [6.45, 7) is 2.27. The number of nitrogens with one attached hydrogen (secondary N) is 2. The molecule has 2 aromatic rings. The van der Waals surface area contributed by atoms with Crippen LogP contribution in [0.3, 0.4) is 0 Å². The van der Waals surface area contributed by atoms with Crippen molar-refractivity contribution in [1.82, 2.24) is 15.0 Å². The van der Waals surface area contributed by atoms with E-state index in [1.54, 1.807) is 6.08 Å². The van der Waals surface area contributed by atoms with Gasteiger partial charge in [0.1, 0.15) is 0 Å². The van der Waals surface area contributed by atoms with E-state index in [9.17, 15) is 23.1 Å². The Morgan fingerprint density at radius 1 is 1.15 bits per heavy atom. The Kier molecular flexibility index (Phi) is 6.20. The molecular weight excluding hydrogens is 451 g/mol. The van der Waals surface area contributed by atoms with Gasteiger partial charge in [-0.3, -0.25) is 0 Å². The molecule has 1 saturated carbocycles. The molecule has 0 bridgehead atoms. The van der Waals surface area contributed by atoms with Gasteiger partial charge in [0.2, 0.25) is 11.9 Å². The van der Waals surface area contributed by atoms with E-state index in [-0.39, 0.29) is 23.4 Å².